The van der Waals surface area contributed by atoms with Gasteiger partial charge in [0.25, 0.3) is 5.91 Å². The van der Waals surface area contributed by atoms with Crippen LogP contribution in [0.15, 0.2) is 54.7 Å². The van der Waals surface area contributed by atoms with Crippen LogP contribution in [0.1, 0.15) is 33.4 Å². The monoisotopic (exact) mass is 485 g/mol. The van der Waals surface area contributed by atoms with Gasteiger partial charge in [-0.3, -0.25) is 9.69 Å². The van der Waals surface area contributed by atoms with E-state index in [0.717, 1.165) is 27.8 Å². The number of hydrogen-bond acceptors (Lipinski definition) is 6. The van der Waals surface area contributed by atoms with Crippen LogP contribution in [0.4, 0.5) is 5.69 Å². The standard InChI is InChI=1S/C25H20ClN7O2/c1-13-11-16(12-18-19(13)30-31-32(18)2)33-22(14-6-8-15(26)9-7-14)20-21(25(33)34)29-23(28-20)17-5-4-10-27-24(17)35-3/h4-12,22H,1-3H3,(H,28,29). The lowest BCUT2D eigenvalue weighted by atomic mass is 10.0. The normalized spacial score (nSPS) is 15.1. The van der Waals surface area contributed by atoms with Gasteiger partial charge in [0, 0.05) is 24.0 Å². The number of rotatable bonds is 4. The van der Waals surface area contributed by atoms with Gasteiger partial charge in [-0.1, -0.05) is 28.9 Å². The molecule has 1 N–H and O–H groups in total. The SMILES string of the molecule is COc1ncccc1-c1nc2c([nH]1)C(c1ccc(Cl)cc1)N(c1cc(C)c3nnn(C)c3c1)C2=O. The molecule has 10 heteroatoms. The van der Waals surface area contributed by atoms with E-state index < -0.39 is 6.04 Å². The van der Waals surface area contributed by atoms with Crippen LogP contribution < -0.4 is 9.64 Å². The third-order valence-corrected chi connectivity index (χ3v) is 6.51. The molecule has 5 aromatic rings. The van der Waals surface area contributed by atoms with E-state index in [2.05, 4.69) is 25.3 Å². The molecule has 1 aliphatic rings. The van der Waals surface area contributed by atoms with Crippen molar-refractivity contribution in [2.45, 2.75) is 13.0 Å². The van der Waals surface area contributed by atoms with Crippen molar-refractivity contribution < 1.29 is 9.53 Å². The Morgan fingerprint density at radius 3 is 2.71 bits per heavy atom. The average molecular weight is 486 g/mol. The summed E-state index contributed by atoms with van der Waals surface area (Å²) in [5.41, 5.74) is 5.92. The van der Waals surface area contributed by atoms with Gasteiger partial charge in [-0.25, -0.2) is 14.6 Å². The Kier molecular flexibility index (Phi) is 4.82. The predicted molar refractivity (Wildman–Crippen MR) is 132 cm³/mol. The van der Waals surface area contributed by atoms with Crippen LogP contribution in [-0.2, 0) is 7.05 Å². The molecule has 2 aromatic carbocycles. The fraction of sp³-hybridized carbons (Fsp3) is 0.160. The zero-order chi connectivity index (χ0) is 24.3. The summed E-state index contributed by atoms with van der Waals surface area (Å²) in [7, 11) is 3.39. The zero-order valence-corrected chi connectivity index (χ0v) is 19.9. The average Bonchev–Trinajstić information content (AvgIpc) is 3.53. The number of ether oxygens (including phenoxy) is 1. The maximum absolute atomic E-state index is 13.8. The third kappa shape index (κ3) is 3.27. The minimum Gasteiger partial charge on any atom is -0.480 e. The molecule has 1 unspecified atom stereocenters. The number of benzene rings is 2. The number of aromatic amines is 1. The van der Waals surface area contributed by atoms with Gasteiger partial charge in [0.15, 0.2) is 5.69 Å². The highest BCUT2D eigenvalue weighted by molar-refractivity contribution is 6.30. The minimum atomic E-state index is -0.434. The van der Waals surface area contributed by atoms with Crippen molar-refractivity contribution in [2.24, 2.45) is 7.05 Å². The number of aryl methyl sites for hydroxylation is 2. The van der Waals surface area contributed by atoms with Crippen molar-refractivity contribution in [1.29, 1.82) is 0 Å². The topological polar surface area (TPSA) is 102 Å². The van der Waals surface area contributed by atoms with E-state index in [1.54, 1.807) is 29.0 Å². The van der Waals surface area contributed by atoms with Crippen LogP contribution >= 0.6 is 11.6 Å². The number of hydrogen-bond donors (Lipinski definition) is 1. The second-order valence-corrected chi connectivity index (χ2v) is 8.82. The van der Waals surface area contributed by atoms with Crippen molar-refractivity contribution in [3.05, 3.63) is 82.3 Å². The summed E-state index contributed by atoms with van der Waals surface area (Å²) in [5.74, 6) is 0.741. The first kappa shape index (κ1) is 21.3. The van der Waals surface area contributed by atoms with Crippen molar-refractivity contribution >= 4 is 34.2 Å². The number of fused-ring (bicyclic) bond motifs is 2. The van der Waals surface area contributed by atoms with E-state index in [-0.39, 0.29) is 5.91 Å². The minimum absolute atomic E-state index is 0.209. The lowest BCUT2D eigenvalue weighted by Gasteiger charge is -2.26. The van der Waals surface area contributed by atoms with Gasteiger partial charge >= 0.3 is 0 Å². The zero-order valence-electron chi connectivity index (χ0n) is 19.2. The van der Waals surface area contributed by atoms with Crippen molar-refractivity contribution in [3.63, 3.8) is 0 Å². The van der Waals surface area contributed by atoms with Crippen molar-refractivity contribution in [1.82, 2.24) is 29.9 Å². The van der Waals surface area contributed by atoms with Crippen LogP contribution in [0.25, 0.3) is 22.4 Å². The molecule has 0 radical (unpaired) electrons. The number of pyridine rings is 1. The first-order valence-corrected chi connectivity index (χ1v) is 11.3. The van der Waals surface area contributed by atoms with Gasteiger partial charge in [-0.2, -0.15) is 0 Å². The second kappa shape index (κ2) is 7.92. The van der Waals surface area contributed by atoms with Gasteiger partial charge in [0.05, 0.1) is 23.9 Å². The smallest absolute Gasteiger partial charge is 0.279 e. The molecule has 174 valence electrons. The number of anilines is 1. The first-order chi connectivity index (χ1) is 17.0. The molecular formula is C25H20ClN7O2. The maximum Gasteiger partial charge on any atom is 0.279 e. The Bertz CT molecular complexity index is 1610. The van der Waals surface area contributed by atoms with E-state index in [1.807, 2.05) is 56.4 Å². The van der Waals surface area contributed by atoms with E-state index in [9.17, 15) is 4.79 Å². The molecule has 35 heavy (non-hydrogen) atoms. The van der Waals surface area contributed by atoms with Gasteiger partial charge in [0.1, 0.15) is 17.4 Å². The van der Waals surface area contributed by atoms with Gasteiger partial charge in [-0.05, 0) is 54.4 Å². The summed E-state index contributed by atoms with van der Waals surface area (Å²) in [6.45, 7) is 1.96. The van der Waals surface area contributed by atoms with Crippen molar-refractivity contribution in [3.8, 4) is 17.3 Å². The molecule has 3 aromatic heterocycles. The van der Waals surface area contributed by atoms with E-state index in [4.69, 9.17) is 16.3 Å². The molecule has 1 atom stereocenters. The fourth-order valence-electron chi connectivity index (χ4n) is 4.61. The largest absolute Gasteiger partial charge is 0.480 e. The second-order valence-electron chi connectivity index (χ2n) is 8.38. The number of amides is 1. The summed E-state index contributed by atoms with van der Waals surface area (Å²) in [6, 6.07) is 14.6. The van der Waals surface area contributed by atoms with Crippen LogP contribution in [0.2, 0.25) is 5.02 Å². The molecule has 1 amide bonds. The summed E-state index contributed by atoms with van der Waals surface area (Å²) >= 11 is 6.17. The predicted octanol–water partition coefficient (Wildman–Crippen LogP) is 4.47. The van der Waals surface area contributed by atoms with Crippen molar-refractivity contribution in [2.75, 3.05) is 12.0 Å². The summed E-state index contributed by atoms with van der Waals surface area (Å²) in [5, 5.41) is 8.99. The molecule has 0 saturated heterocycles. The van der Waals surface area contributed by atoms with Crippen LogP contribution in [-0.4, -0.2) is 43.0 Å². The van der Waals surface area contributed by atoms with E-state index in [0.29, 0.717) is 33.7 Å². The number of carbonyl (C=O) groups is 1. The quantitative estimate of drug-likeness (QED) is 0.403. The molecule has 0 aliphatic carbocycles. The van der Waals surface area contributed by atoms with E-state index >= 15 is 0 Å². The highest BCUT2D eigenvalue weighted by Gasteiger charge is 2.42. The van der Waals surface area contributed by atoms with Gasteiger partial charge in [0.2, 0.25) is 5.88 Å². The number of aromatic nitrogens is 6. The number of imidazole rings is 1. The lowest BCUT2D eigenvalue weighted by molar-refractivity contribution is 0.0989. The molecule has 6 rings (SSSR count). The van der Waals surface area contributed by atoms with Gasteiger partial charge in [-0.15, -0.1) is 5.10 Å². The molecule has 0 spiro atoms. The molecule has 0 fully saturated rings. The number of nitrogens with zero attached hydrogens (tertiary/aromatic N) is 6. The highest BCUT2D eigenvalue weighted by atomic mass is 35.5. The number of nitrogens with one attached hydrogen (secondary N) is 1. The van der Waals surface area contributed by atoms with Crippen LogP contribution in [0.3, 0.4) is 0 Å². The molecule has 4 heterocycles. The Morgan fingerprint density at radius 1 is 1.14 bits per heavy atom. The molecule has 1 aliphatic heterocycles. The highest BCUT2D eigenvalue weighted by Crippen LogP contribution is 2.43. The number of carbonyl (C=O) groups excluding carboxylic acids is 1. The lowest BCUT2D eigenvalue weighted by Crippen LogP contribution is -2.29. The van der Waals surface area contributed by atoms with Crippen LogP contribution in [0, 0.1) is 6.92 Å². The van der Waals surface area contributed by atoms with E-state index in [1.165, 1.54) is 0 Å². The molecule has 0 saturated carbocycles. The van der Waals surface area contributed by atoms with Crippen LogP contribution in [0.5, 0.6) is 5.88 Å². The fourth-order valence-corrected chi connectivity index (χ4v) is 4.74. The summed E-state index contributed by atoms with van der Waals surface area (Å²) in [4.78, 5) is 27.9. The third-order valence-electron chi connectivity index (χ3n) is 6.26. The first-order valence-electron chi connectivity index (χ1n) is 10.9. The Labute approximate surface area is 205 Å². The molecule has 9 nitrogen and oxygen atoms in total. The Morgan fingerprint density at radius 2 is 1.94 bits per heavy atom. The summed E-state index contributed by atoms with van der Waals surface area (Å²) < 4.78 is 7.11. The Hall–Kier alpha value is -4.24. The molecular weight excluding hydrogens is 466 g/mol. The number of methoxy groups -OCH3 is 1. The van der Waals surface area contributed by atoms with Gasteiger partial charge < -0.3 is 9.72 Å². The molecule has 0 bridgehead atoms. The number of H-pyrrole nitrogens is 1. The maximum atomic E-state index is 13.8. The Balaban J connectivity index is 1.54. The summed E-state index contributed by atoms with van der Waals surface area (Å²) in [6.07, 6.45) is 1.65. The number of halogens is 1.